The van der Waals surface area contributed by atoms with Crippen LogP contribution in [0.4, 0.5) is 0 Å². The number of aliphatic hydroxyl groups is 1. The summed E-state index contributed by atoms with van der Waals surface area (Å²) in [5.41, 5.74) is 8.00. The van der Waals surface area contributed by atoms with E-state index < -0.39 is 5.60 Å². The standard InChI is InChI=1S/C17H26N2O/c1-2-19-11-9-17(20,10-12-19)16(13-18)8-7-14-5-3-4-6-15(14)16/h3-6,20H,2,7-13,18H2,1H3. The summed E-state index contributed by atoms with van der Waals surface area (Å²) >= 11 is 0. The van der Waals surface area contributed by atoms with Crippen LogP contribution >= 0.6 is 0 Å². The van der Waals surface area contributed by atoms with Gasteiger partial charge in [-0.15, -0.1) is 0 Å². The second kappa shape index (κ2) is 5.14. The average Bonchev–Trinajstić information content (AvgIpc) is 2.88. The highest BCUT2D eigenvalue weighted by Gasteiger charge is 2.54. The molecule has 3 nitrogen and oxygen atoms in total. The van der Waals surface area contributed by atoms with Crippen molar-refractivity contribution in [2.75, 3.05) is 26.2 Å². The lowest BCUT2D eigenvalue weighted by Gasteiger charge is -2.49. The third-order valence-electron chi connectivity index (χ3n) is 5.72. The Hall–Kier alpha value is -0.900. The predicted octanol–water partition coefficient (Wildman–Crippen LogP) is 1.68. The first-order valence-corrected chi connectivity index (χ1v) is 7.88. The highest BCUT2D eigenvalue weighted by atomic mass is 16.3. The van der Waals surface area contributed by atoms with E-state index in [1.54, 1.807) is 0 Å². The number of benzene rings is 1. The van der Waals surface area contributed by atoms with Gasteiger partial charge in [0.15, 0.2) is 0 Å². The second-order valence-electron chi connectivity index (χ2n) is 6.41. The van der Waals surface area contributed by atoms with Crippen molar-refractivity contribution in [3.8, 4) is 0 Å². The van der Waals surface area contributed by atoms with Gasteiger partial charge in [0.05, 0.1) is 5.60 Å². The zero-order valence-corrected chi connectivity index (χ0v) is 12.4. The van der Waals surface area contributed by atoms with Gasteiger partial charge in [-0.2, -0.15) is 0 Å². The molecule has 0 spiro atoms. The van der Waals surface area contributed by atoms with Crippen molar-refractivity contribution < 1.29 is 5.11 Å². The second-order valence-corrected chi connectivity index (χ2v) is 6.41. The average molecular weight is 274 g/mol. The van der Waals surface area contributed by atoms with Crippen LogP contribution in [0.1, 0.15) is 37.3 Å². The smallest absolute Gasteiger partial charge is 0.0780 e. The van der Waals surface area contributed by atoms with Crippen LogP contribution in [0.25, 0.3) is 0 Å². The number of likely N-dealkylation sites (tertiary alicyclic amines) is 1. The molecule has 0 radical (unpaired) electrons. The highest BCUT2D eigenvalue weighted by molar-refractivity contribution is 5.43. The highest BCUT2D eigenvalue weighted by Crippen LogP contribution is 2.49. The van der Waals surface area contributed by atoms with E-state index >= 15 is 0 Å². The van der Waals surface area contributed by atoms with E-state index in [4.69, 9.17) is 5.73 Å². The molecule has 1 heterocycles. The van der Waals surface area contributed by atoms with Gasteiger partial charge in [0.1, 0.15) is 0 Å². The molecule has 3 rings (SSSR count). The molecule has 0 amide bonds. The summed E-state index contributed by atoms with van der Waals surface area (Å²) in [6, 6.07) is 8.55. The van der Waals surface area contributed by atoms with Gasteiger partial charge in [-0.3, -0.25) is 0 Å². The minimum Gasteiger partial charge on any atom is -0.389 e. The molecule has 1 atom stereocenters. The van der Waals surface area contributed by atoms with Crippen molar-refractivity contribution in [1.82, 2.24) is 4.90 Å². The molecule has 1 saturated heterocycles. The summed E-state index contributed by atoms with van der Waals surface area (Å²) in [6.07, 6.45) is 3.72. The van der Waals surface area contributed by atoms with E-state index in [0.29, 0.717) is 6.54 Å². The Labute approximate surface area is 121 Å². The zero-order valence-electron chi connectivity index (χ0n) is 12.4. The molecule has 20 heavy (non-hydrogen) atoms. The normalized spacial score (nSPS) is 29.4. The summed E-state index contributed by atoms with van der Waals surface area (Å²) in [6.45, 7) is 5.77. The fourth-order valence-corrected chi connectivity index (χ4v) is 4.29. The number of fused-ring (bicyclic) bond motifs is 1. The minimum absolute atomic E-state index is 0.233. The predicted molar refractivity (Wildman–Crippen MR) is 81.8 cm³/mol. The molecule has 2 aliphatic rings. The molecule has 1 aliphatic carbocycles. The third-order valence-corrected chi connectivity index (χ3v) is 5.72. The van der Waals surface area contributed by atoms with Crippen LogP contribution in [0, 0.1) is 0 Å². The molecule has 0 aromatic heterocycles. The summed E-state index contributed by atoms with van der Waals surface area (Å²) in [4.78, 5) is 2.42. The summed E-state index contributed by atoms with van der Waals surface area (Å²) in [5.74, 6) is 0. The topological polar surface area (TPSA) is 49.5 Å². The molecule has 1 fully saturated rings. The molecule has 110 valence electrons. The zero-order chi connectivity index (χ0) is 14.2. The van der Waals surface area contributed by atoms with E-state index in [9.17, 15) is 5.11 Å². The van der Waals surface area contributed by atoms with Crippen molar-refractivity contribution in [2.24, 2.45) is 5.73 Å². The van der Waals surface area contributed by atoms with E-state index in [0.717, 1.165) is 45.3 Å². The fourth-order valence-electron chi connectivity index (χ4n) is 4.29. The van der Waals surface area contributed by atoms with Gasteiger partial charge in [-0.05, 0) is 43.4 Å². The van der Waals surface area contributed by atoms with E-state index in [1.807, 2.05) is 0 Å². The molecule has 3 heteroatoms. The number of piperidine rings is 1. The molecule has 0 bridgehead atoms. The monoisotopic (exact) mass is 274 g/mol. The van der Waals surface area contributed by atoms with Crippen LogP contribution < -0.4 is 5.73 Å². The SMILES string of the molecule is CCN1CCC(O)(C2(CN)CCc3ccccc32)CC1. The van der Waals surface area contributed by atoms with Crippen molar-refractivity contribution >= 4 is 0 Å². The van der Waals surface area contributed by atoms with Gasteiger partial charge in [-0.1, -0.05) is 31.2 Å². The lowest BCUT2D eigenvalue weighted by Crippen LogP contribution is -2.59. The Morgan fingerprint density at radius 2 is 1.90 bits per heavy atom. The van der Waals surface area contributed by atoms with Crippen molar-refractivity contribution in [1.29, 1.82) is 0 Å². The van der Waals surface area contributed by atoms with Gasteiger partial charge in [-0.25, -0.2) is 0 Å². The molecular formula is C17H26N2O. The number of rotatable bonds is 3. The van der Waals surface area contributed by atoms with Gasteiger partial charge >= 0.3 is 0 Å². The first kappa shape index (κ1) is 14.1. The Bertz CT molecular complexity index is 480. The van der Waals surface area contributed by atoms with Crippen molar-refractivity contribution in [3.63, 3.8) is 0 Å². The van der Waals surface area contributed by atoms with Crippen LogP contribution in [0.2, 0.25) is 0 Å². The largest absolute Gasteiger partial charge is 0.389 e. The van der Waals surface area contributed by atoms with E-state index in [-0.39, 0.29) is 5.41 Å². The summed E-state index contributed by atoms with van der Waals surface area (Å²) in [5, 5.41) is 11.4. The lowest BCUT2D eigenvalue weighted by molar-refractivity contribution is -0.0810. The van der Waals surface area contributed by atoms with Crippen molar-refractivity contribution in [3.05, 3.63) is 35.4 Å². The van der Waals surface area contributed by atoms with Crippen LogP contribution in [0.3, 0.4) is 0 Å². The molecular weight excluding hydrogens is 248 g/mol. The summed E-state index contributed by atoms with van der Waals surface area (Å²) < 4.78 is 0. The molecule has 1 aromatic carbocycles. The van der Waals surface area contributed by atoms with Gasteiger partial charge < -0.3 is 15.7 Å². The van der Waals surface area contributed by atoms with Crippen LogP contribution in [0.5, 0.6) is 0 Å². The maximum absolute atomic E-state index is 11.4. The van der Waals surface area contributed by atoms with Gasteiger partial charge in [0.2, 0.25) is 0 Å². The molecule has 1 aromatic rings. The van der Waals surface area contributed by atoms with Gasteiger partial charge in [0.25, 0.3) is 0 Å². The summed E-state index contributed by atoms with van der Waals surface area (Å²) in [7, 11) is 0. The van der Waals surface area contributed by atoms with Crippen LogP contribution in [0.15, 0.2) is 24.3 Å². The molecule has 0 saturated carbocycles. The van der Waals surface area contributed by atoms with Crippen molar-refractivity contribution in [2.45, 2.75) is 43.6 Å². The maximum Gasteiger partial charge on any atom is 0.0780 e. The van der Waals surface area contributed by atoms with E-state index in [2.05, 4.69) is 36.1 Å². The maximum atomic E-state index is 11.4. The molecule has 1 unspecified atom stereocenters. The molecule has 1 aliphatic heterocycles. The van der Waals surface area contributed by atoms with Gasteiger partial charge in [0, 0.05) is 25.0 Å². The molecule has 3 N–H and O–H groups in total. The fraction of sp³-hybridized carbons (Fsp3) is 0.647. The van der Waals surface area contributed by atoms with Crippen LogP contribution in [-0.2, 0) is 11.8 Å². The Morgan fingerprint density at radius 1 is 1.20 bits per heavy atom. The third kappa shape index (κ3) is 1.92. The minimum atomic E-state index is -0.639. The number of nitrogens with zero attached hydrogens (tertiary/aromatic N) is 1. The Kier molecular flexibility index (Phi) is 3.61. The van der Waals surface area contributed by atoms with Crippen LogP contribution in [-0.4, -0.2) is 41.8 Å². The first-order chi connectivity index (χ1) is 9.65. The first-order valence-electron chi connectivity index (χ1n) is 7.88. The number of nitrogens with two attached hydrogens (primary N) is 1. The van der Waals surface area contributed by atoms with E-state index in [1.165, 1.54) is 11.1 Å². The quantitative estimate of drug-likeness (QED) is 0.881. The Morgan fingerprint density at radius 3 is 2.55 bits per heavy atom. The Balaban J connectivity index is 1.95. The lowest BCUT2D eigenvalue weighted by atomic mass is 9.64. The number of aryl methyl sites for hydroxylation is 1. The number of hydrogen-bond acceptors (Lipinski definition) is 3. The number of hydrogen-bond donors (Lipinski definition) is 2.